The topological polar surface area (TPSA) is 126 Å². The molecule has 0 unspecified atom stereocenters. The van der Waals surface area contributed by atoms with Crippen molar-refractivity contribution < 1.29 is 13.2 Å². The molecule has 116 valence electrons. The lowest BCUT2D eigenvalue weighted by Crippen LogP contribution is -2.14. The van der Waals surface area contributed by atoms with Crippen LogP contribution in [0.5, 0.6) is 0 Å². The van der Waals surface area contributed by atoms with Gasteiger partial charge in [-0.2, -0.15) is 5.26 Å². The van der Waals surface area contributed by atoms with Gasteiger partial charge >= 0.3 is 0 Å². The highest BCUT2D eigenvalue weighted by Crippen LogP contribution is 2.14. The van der Waals surface area contributed by atoms with Crippen LogP contribution < -0.4 is 10.5 Å². The molecular formula is C15H12N4O3S. The van der Waals surface area contributed by atoms with Gasteiger partial charge in [-0.05, 0) is 42.5 Å². The maximum Gasteiger partial charge on any atom is 0.266 e. The summed E-state index contributed by atoms with van der Waals surface area (Å²) >= 11 is 0. The summed E-state index contributed by atoms with van der Waals surface area (Å²) in [4.78, 5) is 16.0. The Bertz CT molecular complexity index is 883. The molecule has 0 spiro atoms. The number of hydrogen-bond acceptors (Lipinski definition) is 5. The lowest BCUT2D eigenvalue weighted by molar-refractivity contribution is -0.112. The Hall–Kier alpha value is -3.02. The third-order valence-electron chi connectivity index (χ3n) is 2.79. The highest BCUT2D eigenvalue weighted by atomic mass is 32.2. The Kier molecular flexibility index (Phi) is 4.85. The normalized spacial score (nSPS) is 11.6. The van der Waals surface area contributed by atoms with Crippen LogP contribution in [0.4, 0.5) is 5.69 Å². The number of carbonyl (C=O) groups excluding carboxylic acids is 1. The average molecular weight is 328 g/mol. The number of rotatable bonds is 4. The van der Waals surface area contributed by atoms with Crippen LogP contribution in [-0.4, -0.2) is 19.3 Å². The highest BCUT2D eigenvalue weighted by molar-refractivity contribution is 7.89. The molecule has 0 aliphatic carbocycles. The van der Waals surface area contributed by atoms with Gasteiger partial charge in [0, 0.05) is 11.9 Å². The van der Waals surface area contributed by atoms with E-state index in [9.17, 15) is 13.2 Å². The van der Waals surface area contributed by atoms with Crippen molar-refractivity contribution in [1.82, 2.24) is 4.98 Å². The Balaban J connectivity index is 2.18. The van der Waals surface area contributed by atoms with Crippen molar-refractivity contribution in [2.45, 2.75) is 4.90 Å². The quantitative estimate of drug-likeness (QED) is 0.645. The molecule has 0 fully saturated rings. The third-order valence-corrected chi connectivity index (χ3v) is 3.72. The number of nitrogens with two attached hydrogens (primary N) is 1. The first-order valence-electron chi connectivity index (χ1n) is 6.37. The van der Waals surface area contributed by atoms with Crippen LogP contribution in [0.3, 0.4) is 0 Å². The zero-order valence-electron chi connectivity index (χ0n) is 11.8. The number of nitrogens with one attached hydrogen (secondary N) is 1. The fourth-order valence-corrected chi connectivity index (χ4v) is 2.20. The van der Waals surface area contributed by atoms with E-state index in [4.69, 9.17) is 10.4 Å². The molecule has 8 heteroatoms. The Labute approximate surface area is 133 Å². The number of aromatic nitrogens is 1. The van der Waals surface area contributed by atoms with Crippen molar-refractivity contribution in [2.24, 2.45) is 5.14 Å². The van der Waals surface area contributed by atoms with Crippen molar-refractivity contribution in [1.29, 1.82) is 5.26 Å². The van der Waals surface area contributed by atoms with E-state index in [1.54, 1.807) is 30.5 Å². The fourth-order valence-electron chi connectivity index (χ4n) is 1.68. The summed E-state index contributed by atoms with van der Waals surface area (Å²) in [6.07, 6.45) is 2.90. The van der Waals surface area contributed by atoms with Crippen LogP contribution in [0.25, 0.3) is 6.08 Å². The highest BCUT2D eigenvalue weighted by Gasteiger charge is 2.11. The lowest BCUT2D eigenvalue weighted by atomic mass is 10.2. The van der Waals surface area contributed by atoms with Gasteiger partial charge < -0.3 is 5.32 Å². The first-order chi connectivity index (χ1) is 10.9. The van der Waals surface area contributed by atoms with Crippen LogP contribution in [0, 0.1) is 11.3 Å². The molecule has 1 aromatic carbocycles. The second-order valence-electron chi connectivity index (χ2n) is 4.45. The standard InChI is InChI=1S/C15H12N4O3S/c16-10-11(9-13-3-1-2-8-18-13)15(20)19-12-4-6-14(7-5-12)23(17,21)22/h1-9H,(H,19,20)(H2,17,21,22)/b11-9+. The average Bonchev–Trinajstić information content (AvgIpc) is 2.53. The summed E-state index contributed by atoms with van der Waals surface area (Å²) in [6, 6.07) is 12.2. The maximum absolute atomic E-state index is 12.1. The van der Waals surface area contributed by atoms with E-state index in [1.165, 1.54) is 30.3 Å². The number of carbonyl (C=O) groups is 1. The van der Waals surface area contributed by atoms with E-state index >= 15 is 0 Å². The van der Waals surface area contributed by atoms with Gasteiger partial charge in [-0.25, -0.2) is 13.6 Å². The van der Waals surface area contributed by atoms with Gasteiger partial charge in [-0.1, -0.05) is 6.07 Å². The van der Waals surface area contributed by atoms with E-state index in [0.29, 0.717) is 11.4 Å². The van der Waals surface area contributed by atoms with Gasteiger partial charge in [-0.15, -0.1) is 0 Å². The second kappa shape index (κ2) is 6.83. The summed E-state index contributed by atoms with van der Waals surface area (Å²) in [5, 5.41) is 16.6. The van der Waals surface area contributed by atoms with Crippen molar-refractivity contribution in [3.8, 4) is 6.07 Å². The molecule has 1 aromatic heterocycles. The van der Waals surface area contributed by atoms with Crippen molar-refractivity contribution >= 4 is 27.7 Å². The minimum Gasteiger partial charge on any atom is -0.321 e. The minimum atomic E-state index is -3.79. The largest absolute Gasteiger partial charge is 0.321 e. The first-order valence-corrected chi connectivity index (χ1v) is 7.92. The number of nitrogens with zero attached hydrogens (tertiary/aromatic N) is 2. The predicted molar refractivity (Wildman–Crippen MR) is 84.3 cm³/mol. The molecular weight excluding hydrogens is 316 g/mol. The van der Waals surface area contributed by atoms with Crippen molar-refractivity contribution in [3.63, 3.8) is 0 Å². The molecule has 0 aliphatic rings. The van der Waals surface area contributed by atoms with Crippen LogP contribution in [-0.2, 0) is 14.8 Å². The number of nitriles is 1. The lowest BCUT2D eigenvalue weighted by Gasteiger charge is -2.05. The number of primary sulfonamides is 1. The fraction of sp³-hybridized carbons (Fsp3) is 0. The van der Waals surface area contributed by atoms with E-state index in [0.717, 1.165) is 0 Å². The SMILES string of the molecule is N#C/C(=C\c1ccccn1)C(=O)Nc1ccc(S(N)(=O)=O)cc1. The molecule has 23 heavy (non-hydrogen) atoms. The van der Waals surface area contributed by atoms with Crippen LogP contribution in [0.2, 0.25) is 0 Å². The molecule has 1 heterocycles. The first kappa shape index (κ1) is 16.4. The molecule has 0 bridgehead atoms. The number of benzene rings is 1. The molecule has 2 aromatic rings. The molecule has 3 N–H and O–H groups in total. The Morgan fingerprint density at radius 1 is 1.22 bits per heavy atom. The van der Waals surface area contributed by atoms with Crippen LogP contribution in [0.1, 0.15) is 5.69 Å². The number of hydrogen-bond donors (Lipinski definition) is 2. The van der Waals surface area contributed by atoms with E-state index in [2.05, 4.69) is 10.3 Å². The number of pyridine rings is 1. The predicted octanol–water partition coefficient (Wildman–Crippen LogP) is 1.27. The zero-order valence-corrected chi connectivity index (χ0v) is 12.6. The number of sulfonamides is 1. The van der Waals surface area contributed by atoms with E-state index in [-0.39, 0.29) is 10.5 Å². The molecule has 0 aliphatic heterocycles. The summed E-state index contributed by atoms with van der Waals surface area (Å²) in [6.45, 7) is 0. The van der Waals surface area contributed by atoms with Gasteiger partial charge in [0.05, 0.1) is 10.6 Å². The molecule has 7 nitrogen and oxygen atoms in total. The van der Waals surface area contributed by atoms with Gasteiger partial charge in [0.1, 0.15) is 11.6 Å². The molecule has 1 amide bonds. The summed E-state index contributed by atoms with van der Waals surface area (Å²) in [5.74, 6) is -0.624. The van der Waals surface area contributed by atoms with Gasteiger partial charge in [0.25, 0.3) is 5.91 Å². The van der Waals surface area contributed by atoms with Gasteiger partial charge in [0.15, 0.2) is 0 Å². The zero-order chi connectivity index (χ0) is 16.9. The third kappa shape index (κ3) is 4.47. The molecule has 0 saturated carbocycles. The summed E-state index contributed by atoms with van der Waals surface area (Å²) < 4.78 is 22.3. The molecule has 0 saturated heterocycles. The van der Waals surface area contributed by atoms with Crippen LogP contribution in [0.15, 0.2) is 59.1 Å². The minimum absolute atomic E-state index is 0.0694. The second-order valence-corrected chi connectivity index (χ2v) is 6.01. The van der Waals surface area contributed by atoms with Gasteiger partial charge in [-0.3, -0.25) is 9.78 Å². The van der Waals surface area contributed by atoms with E-state index < -0.39 is 15.9 Å². The maximum atomic E-state index is 12.1. The summed E-state index contributed by atoms with van der Waals surface area (Å²) in [7, 11) is -3.79. The molecule has 2 rings (SSSR count). The monoisotopic (exact) mass is 328 g/mol. The smallest absolute Gasteiger partial charge is 0.266 e. The van der Waals surface area contributed by atoms with Gasteiger partial charge in [0.2, 0.25) is 10.0 Å². The Morgan fingerprint density at radius 3 is 2.43 bits per heavy atom. The Morgan fingerprint density at radius 2 is 1.91 bits per heavy atom. The molecule has 0 radical (unpaired) electrons. The number of amides is 1. The molecule has 0 atom stereocenters. The summed E-state index contributed by atoms with van der Waals surface area (Å²) in [5.41, 5.74) is 0.688. The van der Waals surface area contributed by atoms with Crippen LogP contribution >= 0.6 is 0 Å². The number of anilines is 1. The van der Waals surface area contributed by atoms with Crippen molar-refractivity contribution in [3.05, 3.63) is 59.9 Å². The van der Waals surface area contributed by atoms with Crippen molar-refractivity contribution in [2.75, 3.05) is 5.32 Å². The van der Waals surface area contributed by atoms with E-state index in [1.807, 2.05) is 0 Å².